The van der Waals surface area contributed by atoms with E-state index in [1.807, 2.05) is 6.92 Å². The number of rotatable bonds is 4. The predicted octanol–water partition coefficient (Wildman–Crippen LogP) is 2.40. The van der Waals surface area contributed by atoms with Crippen molar-refractivity contribution in [2.24, 2.45) is 17.0 Å². The second-order valence-corrected chi connectivity index (χ2v) is 5.63. The SMILES string of the molecule is CC[C@@H](N=[N+]=[N-])C1O[C@]2(C(=O)OC)C[C@@H](C)[C@@H](C)C1O2. The molecule has 2 fully saturated rings. The van der Waals surface area contributed by atoms with Crippen LogP contribution in [0.2, 0.25) is 0 Å². The van der Waals surface area contributed by atoms with Crippen LogP contribution in [0.1, 0.15) is 33.6 Å². The highest BCUT2D eigenvalue weighted by atomic mass is 16.8. The summed E-state index contributed by atoms with van der Waals surface area (Å²) in [5, 5.41) is 3.78. The average Bonchev–Trinajstić information content (AvgIpc) is 2.78. The molecule has 2 heterocycles. The largest absolute Gasteiger partial charge is 0.465 e. The van der Waals surface area contributed by atoms with Gasteiger partial charge in [0, 0.05) is 11.3 Å². The Bertz CT molecular complexity index is 437. The van der Waals surface area contributed by atoms with E-state index in [1.54, 1.807) is 0 Å². The van der Waals surface area contributed by atoms with E-state index < -0.39 is 17.9 Å². The summed E-state index contributed by atoms with van der Waals surface area (Å²) in [7, 11) is 1.32. The molecule has 0 saturated carbocycles. The number of hydrogen-bond acceptors (Lipinski definition) is 5. The first-order chi connectivity index (χ1) is 9.49. The number of ether oxygens (including phenoxy) is 3. The van der Waals surface area contributed by atoms with Crippen LogP contribution in [0.5, 0.6) is 0 Å². The quantitative estimate of drug-likeness (QED) is 0.342. The highest BCUT2D eigenvalue weighted by molar-refractivity contribution is 5.78. The first-order valence-corrected chi connectivity index (χ1v) is 6.97. The van der Waals surface area contributed by atoms with Crippen LogP contribution < -0.4 is 0 Å². The molecule has 0 amide bonds. The summed E-state index contributed by atoms with van der Waals surface area (Å²) in [5.41, 5.74) is 8.68. The van der Waals surface area contributed by atoms with Crippen molar-refractivity contribution in [1.29, 1.82) is 0 Å². The molecule has 2 bridgehead atoms. The minimum Gasteiger partial charge on any atom is -0.465 e. The molecule has 112 valence electrons. The van der Waals surface area contributed by atoms with Gasteiger partial charge in [-0.1, -0.05) is 25.9 Å². The normalized spacial score (nSPS) is 40.8. The molecular formula is C13H21N3O4. The Labute approximate surface area is 118 Å². The van der Waals surface area contributed by atoms with Crippen molar-refractivity contribution in [1.82, 2.24) is 0 Å². The average molecular weight is 283 g/mol. The van der Waals surface area contributed by atoms with Gasteiger partial charge in [0.05, 0.1) is 25.4 Å². The number of esters is 1. The van der Waals surface area contributed by atoms with Crippen LogP contribution in [0, 0.1) is 11.8 Å². The Kier molecular flexibility index (Phi) is 4.22. The van der Waals surface area contributed by atoms with Crippen LogP contribution >= 0.6 is 0 Å². The molecular weight excluding hydrogens is 262 g/mol. The second kappa shape index (κ2) is 5.60. The number of carbonyl (C=O) groups is 1. The molecule has 0 radical (unpaired) electrons. The van der Waals surface area contributed by atoms with Crippen LogP contribution in [0.15, 0.2) is 5.11 Å². The standard InChI is InChI=1S/C13H21N3O4/c1-5-9(15-16-14)11-10-8(3)7(2)6-13(19-10,20-11)12(17)18-4/h7-11H,5-6H2,1-4H3/t7-,8-,9-,10?,11?,13+/m1/s1. The molecule has 0 N–H and O–H groups in total. The van der Waals surface area contributed by atoms with Gasteiger partial charge in [-0.15, -0.1) is 0 Å². The zero-order valence-electron chi connectivity index (χ0n) is 12.3. The Hall–Kier alpha value is -1.30. The van der Waals surface area contributed by atoms with Gasteiger partial charge >= 0.3 is 5.97 Å². The van der Waals surface area contributed by atoms with Gasteiger partial charge in [0.1, 0.15) is 0 Å². The summed E-state index contributed by atoms with van der Waals surface area (Å²) in [6, 6.07) is -0.343. The van der Waals surface area contributed by atoms with E-state index in [1.165, 1.54) is 7.11 Å². The molecule has 0 aromatic carbocycles. The summed E-state index contributed by atoms with van der Waals surface area (Å²) in [5.74, 6) is -1.36. The van der Waals surface area contributed by atoms with Gasteiger partial charge in [0.2, 0.25) is 0 Å². The summed E-state index contributed by atoms with van der Waals surface area (Å²) in [4.78, 5) is 14.9. The van der Waals surface area contributed by atoms with Gasteiger partial charge in [0.25, 0.3) is 5.79 Å². The Morgan fingerprint density at radius 3 is 2.80 bits per heavy atom. The zero-order chi connectivity index (χ0) is 14.9. The van der Waals surface area contributed by atoms with Crippen LogP contribution in [0.3, 0.4) is 0 Å². The highest BCUT2D eigenvalue weighted by Crippen LogP contribution is 2.47. The first-order valence-electron chi connectivity index (χ1n) is 6.97. The van der Waals surface area contributed by atoms with Crippen LogP contribution in [0.4, 0.5) is 0 Å². The van der Waals surface area contributed by atoms with E-state index in [9.17, 15) is 4.79 Å². The summed E-state index contributed by atoms with van der Waals surface area (Å²) >= 11 is 0. The van der Waals surface area contributed by atoms with Gasteiger partial charge in [-0.05, 0) is 23.8 Å². The third-order valence-corrected chi connectivity index (χ3v) is 4.48. The predicted molar refractivity (Wildman–Crippen MR) is 70.7 cm³/mol. The number of nitrogens with zero attached hydrogens (tertiary/aromatic N) is 3. The molecule has 2 saturated heterocycles. The highest BCUT2D eigenvalue weighted by Gasteiger charge is 2.61. The van der Waals surface area contributed by atoms with E-state index in [4.69, 9.17) is 19.7 Å². The Morgan fingerprint density at radius 2 is 2.25 bits per heavy atom. The Morgan fingerprint density at radius 1 is 1.55 bits per heavy atom. The fourth-order valence-corrected chi connectivity index (χ4v) is 3.12. The number of hydrogen-bond donors (Lipinski definition) is 0. The number of methoxy groups -OCH3 is 1. The minimum atomic E-state index is -1.34. The van der Waals surface area contributed by atoms with E-state index in [2.05, 4.69) is 23.9 Å². The third-order valence-electron chi connectivity index (χ3n) is 4.48. The van der Waals surface area contributed by atoms with Gasteiger partial charge < -0.3 is 14.2 Å². The van der Waals surface area contributed by atoms with E-state index in [0.717, 1.165) is 0 Å². The molecule has 7 nitrogen and oxygen atoms in total. The van der Waals surface area contributed by atoms with Gasteiger partial charge in [-0.2, -0.15) is 0 Å². The summed E-state index contributed by atoms with van der Waals surface area (Å²) in [6.45, 7) is 6.06. The smallest absolute Gasteiger partial charge is 0.366 e. The third kappa shape index (κ3) is 2.26. The molecule has 7 heteroatoms. The minimum absolute atomic E-state index is 0.225. The van der Waals surface area contributed by atoms with Crippen molar-refractivity contribution < 1.29 is 19.0 Å². The van der Waals surface area contributed by atoms with Gasteiger partial charge in [-0.25, -0.2) is 4.79 Å². The van der Waals surface area contributed by atoms with Crippen molar-refractivity contribution in [3.05, 3.63) is 10.4 Å². The number of azide groups is 1. The monoisotopic (exact) mass is 283 g/mol. The molecule has 20 heavy (non-hydrogen) atoms. The van der Waals surface area contributed by atoms with Crippen molar-refractivity contribution in [3.8, 4) is 0 Å². The lowest BCUT2D eigenvalue weighted by Gasteiger charge is -2.36. The van der Waals surface area contributed by atoms with E-state index in [-0.39, 0.29) is 24.0 Å². The van der Waals surface area contributed by atoms with Crippen LogP contribution in [-0.2, 0) is 19.0 Å². The van der Waals surface area contributed by atoms with Crippen LogP contribution in [-0.4, -0.2) is 37.1 Å². The van der Waals surface area contributed by atoms with E-state index >= 15 is 0 Å². The van der Waals surface area contributed by atoms with Crippen molar-refractivity contribution in [2.75, 3.05) is 7.11 Å². The summed E-state index contributed by atoms with van der Waals surface area (Å²) in [6.07, 6.45) is 0.427. The topological polar surface area (TPSA) is 93.5 Å². The molecule has 2 aliphatic rings. The van der Waals surface area contributed by atoms with Gasteiger partial charge in [0.15, 0.2) is 0 Å². The molecule has 0 aliphatic carbocycles. The molecule has 0 aromatic heterocycles. The van der Waals surface area contributed by atoms with E-state index in [0.29, 0.717) is 12.8 Å². The van der Waals surface area contributed by atoms with Crippen LogP contribution in [0.25, 0.3) is 10.4 Å². The maximum absolute atomic E-state index is 12.0. The fraction of sp³-hybridized carbons (Fsp3) is 0.923. The Balaban J connectivity index is 2.33. The molecule has 0 aromatic rings. The maximum atomic E-state index is 12.0. The lowest BCUT2D eigenvalue weighted by molar-refractivity contribution is -0.231. The van der Waals surface area contributed by atoms with Crippen molar-refractivity contribution in [3.63, 3.8) is 0 Å². The lowest BCUT2D eigenvalue weighted by Crippen LogP contribution is -2.48. The van der Waals surface area contributed by atoms with Crippen molar-refractivity contribution in [2.45, 2.75) is 57.6 Å². The van der Waals surface area contributed by atoms with Crippen molar-refractivity contribution >= 4 is 5.97 Å². The molecule has 0 spiro atoms. The fourth-order valence-electron chi connectivity index (χ4n) is 3.12. The zero-order valence-corrected chi connectivity index (χ0v) is 12.3. The molecule has 2 aliphatic heterocycles. The summed E-state index contributed by atoms with van der Waals surface area (Å²) < 4.78 is 16.6. The maximum Gasteiger partial charge on any atom is 0.366 e. The first kappa shape index (κ1) is 15.1. The second-order valence-electron chi connectivity index (χ2n) is 5.63. The number of carbonyl (C=O) groups excluding carboxylic acids is 1. The number of fused-ring (bicyclic) bond motifs is 2. The molecule has 2 unspecified atom stereocenters. The van der Waals surface area contributed by atoms with Gasteiger partial charge in [-0.3, -0.25) is 0 Å². The molecule has 6 atom stereocenters. The molecule has 2 rings (SSSR count). The lowest BCUT2D eigenvalue weighted by atomic mass is 9.81.